The molecule has 2 aromatic carbocycles. The van der Waals surface area contributed by atoms with E-state index in [1.54, 1.807) is 43.3 Å². The van der Waals surface area contributed by atoms with Gasteiger partial charge in [0.15, 0.2) is 0 Å². The van der Waals surface area contributed by atoms with Crippen molar-refractivity contribution in [2.45, 2.75) is 13.3 Å². The molecule has 0 aromatic heterocycles. The summed E-state index contributed by atoms with van der Waals surface area (Å²) in [6.07, 6.45) is 0.352. The highest BCUT2D eigenvalue weighted by atomic mass is 35.5. The number of ether oxygens (including phenoxy) is 1. The van der Waals surface area contributed by atoms with Crippen LogP contribution in [0.25, 0.3) is 0 Å². The average molecular weight is 421 g/mol. The summed E-state index contributed by atoms with van der Waals surface area (Å²) < 4.78 is 4.95. The molecule has 1 heterocycles. The number of amides is 2. The Labute approximate surface area is 172 Å². The van der Waals surface area contributed by atoms with Crippen LogP contribution in [0.4, 0.5) is 11.4 Å². The van der Waals surface area contributed by atoms with Gasteiger partial charge in [0.25, 0.3) is 0 Å². The number of anilines is 2. The summed E-state index contributed by atoms with van der Waals surface area (Å²) in [7, 11) is 0. The second-order valence-electron chi connectivity index (χ2n) is 6.22. The summed E-state index contributed by atoms with van der Waals surface area (Å²) >= 11 is 12.2. The summed E-state index contributed by atoms with van der Waals surface area (Å²) in [5.41, 5.74) is 1.23. The first kappa shape index (κ1) is 20.2. The van der Waals surface area contributed by atoms with E-state index in [0.717, 1.165) is 0 Å². The lowest BCUT2D eigenvalue weighted by Gasteiger charge is -2.18. The van der Waals surface area contributed by atoms with Crippen molar-refractivity contribution in [2.75, 3.05) is 23.4 Å². The maximum absolute atomic E-state index is 12.8. The maximum Gasteiger partial charge on any atom is 0.338 e. The van der Waals surface area contributed by atoms with Crippen LogP contribution < -0.4 is 10.2 Å². The Morgan fingerprint density at radius 1 is 1.21 bits per heavy atom. The molecule has 1 N–H and O–H groups in total. The third-order valence-electron chi connectivity index (χ3n) is 4.36. The van der Waals surface area contributed by atoms with Crippen molar-refractivity contribution in [1.82, 2.24) is 0 Å². The first-order valence-electron chi connectivity index (χ1n) is 8.75. The first-order valence-corrected chi connectivity index (χ1v) is 9.50. The van der Waals surface area contributed by atoms with Gasteiger partial charge in [-0.05, 0) is 49.7 Å². The molecule has 2 amide bonds. The highest BCUT2D eigenvalue weighted by Gasteiger charge is 2.38. The highest BCUT2D eigenvalue weighted by molar-refractivity contribution is 6.36. The molecule has 1 aliphatic rings. The number of halogens is 2. The van der Waals surface area contributed by atoms with Crippen LogP contribution in [0.5, 0.6) is 0 Å². The molecule has 3 rings (SSSR count). The van der Waals surface area contributed by atoms with Gasteiger partial charge in [-0.25, -0.2) is 4.79 Å². The van der Waals surface area contributed by atoms with Gasteiger partial charge in [-0.3, -0.25) is 9.59 Å². The Bertz CT molecular complexity index is 932. The third kappa shape index (κ3) is 4.29. The summed E-state index contributed by atoms with van der Waals surface area (Å²) in [4.78, 5) is 38.7. The fourth-order valence-corrected chi connectivity index (χ4v) is 3.41. The van der Waals surface area contributed by atoms with Crippen LogP contribution in [0.15, 0.2) is 42.5 Å². The predicted octanol–water partition coefficient (Wildman–Crippen LogP) is 4.16. The summed E-state index contributed by atoms with van der Waals surface area (Å²) in [5.74, 6) is -2.10. The number of carbonyl (C=O) groups is 3. The molecule has 0 bridgehead atoms. The summed E-state index contributed by atoms with van der Waals surface area (Å²) in [6.45, 7) is 2.33. The maximum atomic E-state index is 12.8. The van der Waals surface area contributed by atoms with Crippen molar-refractivity contribution in [3.63, 3.8) is 0 Å². The van der Waals surface area contributed by atoms with E-state index in [2.05, 4.69) is 5.32 Å². The van der Waals surface area contributed by atoms with Crippen molar-refractivity contribution in [1.29, 1.82) is 0 Å². The lowest BCUT2D eigenvalue weighted by molar-refractivity contribution is -0.129. The van der Waals surface area contributed by atoms with Crippen molar-refractivity contribution in [3.05, 3.63) is 58.1 Å². The van der Waals surface area contributed by atoms with Crippen LogP contribution in [0.1, 0.15) is 23.7 Å². The number of benzene rings is 2. The zero-order valence-electron chi connectivity index (χ0n) is 15.1. The summed E-state index contributed by atoms with van der Waals surface area (Å²) in [5, 5.41) is 3.54. The number of rotatable bonds is 5. The molecular weight excluding hydrogens is 403 g/mol. The van der Waals surface area contributed by atoms with Crippen LogP contribution in [0.2, 0.25) is 10.0 Å². The van der Waals surface area contributed by atoms with Crippen molar-refractivity contribution < 1.29 is 19.1 Å². The molecule has 1 atom stereocenters. The van der Waals surface area contributed by atoms with Crippen LogP contribution >= 0.6 is 23.2 Å². The van der Waals surface area contributed by atoms with Crippen molar-refractivity contribution >= 4 is 52.4 Å². The molecule has 1 saturated heterocycles. The van der Waals surface area contributed by atoms with Gasteiger partial charge in [-0.2, -0.15) is 0 Å². The quantitative estimate of drug-likeness (QED) is 0.581. The molecule has 0 saturated carbocycles. The van der Waals surface area contributed by atoms with Crippen molar-refractivity contribution in [3.8, 4) is 0 Å². The topological polar surface area (TPSA) is 75.7 Å². The Hall–Kier alpha value is -2.57. The Morgan fingerprint density at radius 3 is 2.75 bits per heavy atom. The number of nitrogens with zero attached hydrogens (tertiary/aromatic N) is 1. The van der Waals surface area contributed by atoms with Gasteiger partial charge in [-0.1, -0.05) is 29.3 Å². The van der Waals surface area contributed by atoms with Crippen LogP contribution in [0, 0.1) is 5.92 Å². The number of nitrogens with one attached hydrogen (secondary N) is 1. The van der Waals surface area contributed by atoms with Crippen molar-refractivity contribution in [2.24, 2.45) is 5.92 Å². The van der Waals surface area contributed by atoms with Gasteiger partial charge >= 0.3 is 5.97 Å². The van der Waals surface area contributed by atoms with Crippen LogP contribution in [-0.4, -0.2) is 30.9 Å². The van der Waals surface area contributed by atoms with Crippen LogP contribution in [0.3, 0.4) is 0 Å². The molecule has 0 spiro atoms. The van der Waals surface area contributed by atoms with E-state index in [1.165, 1.54) is 11.0 Å². The standard InChI is InChI=1S/C20H18Cl2N2O4/c1-2-28-20(27)12-4-3-5-14(10-12)23-18(25)15-8-9-24(19(15)26)17-11-13(21)6-7-16(17)22/h3-7,10-11,15H,2,8-9H2,1H3,(H,23,25). The Morgan fingerprint density at radius 2 is 2.00 bits per heavy atom. The number of esters is 1. The van der Waals surface area contributed by atoms with E-state index in [4.69, 9.17) is 27.9 Å². The van der Waals surface area contributed by atoms with Gasteiger partial charge in [0, 0.05) is 17.3 Å². The number of hydrogen-bond acceptors (Lipinski definition) is 4. The smallest absolute Gasteiger partial charge is 0.338 e. The third-order valence-corrected chi connectivity index (χ3v) is 4.92. The molecule has 1 aliphatic heterocycles. The van der Waals surface area contributed by atoms with Gasteiger partial charge in [0.2, 0.25) is 11.8 Å². The largest absolute Gasteiger partial charge is 0.462 e. The van der Waals surface area contributed by atoms with E-state index in [9.17, 15) is 14.4 Å². The molecule has 28 heavy (non-hydrogen) atoms. The van der Waals surface area contributed by atoms with E-state index >= 15 is 0 Å². The molecule has 0 radical (unpaired) electrons. The van der Waals surface area contributed by atoms with Crippen LogP contribution in [-0.2, 0) is 14.3 Å². The fourth-order valence-electron chi connectivity index (χ4n) is 3.02. The minimum absolute atomic E-state index is 0.258. The SMILES string of the molecule is CCOC(=O)c1cccc(NC(=O)C2CCN(c3cc(Cl)ccc3Cl)C2=O)c1. The van der Waals surface area contributed by atoms with Gasteiger partial charge in [0.1, 0.15) is 5.92 Å². The highest BCUT2D eigenvalue weighted by Crippen LogP contribution is 2.33. The molecular formula is C20H18Cl2N2O4. The fraction of sp³-hybridized carbons (Fsp3) is 0.250. The lowest BCUT2D eigenvalue weighted by atomic mass is 10.1. The Balaban J connectivity index is 1.72. The minimum atomic E-state index is -0.846. The molecule has 8 heteroatoms. The van der Waals surface area contributed by atoms with E-state index in [1.807, 2.05) is 0 Å². The first-order chi connectivity index (χ1) is 13.4. The summed E-state index contributed by atoms with van der Waals surface area (Å²) in [6, 6.07) is 11.2. The molecule has 1 unspecified atom stereocenters. The second kappa shape index (κ2) is 8.63. The number of hydrogen-bond donors (Lipinski definition) is 1. The van der Waals surface area contributed by atoms with Gasteiger partial charge < -0.3 is 15.0 Å². The van der Waals surface area contributed by atoms with Gasteiger partial charge in [0.05, 0.1) is 22.9 Å². The minimum Gasteiger partial charge on any atom is -0.462 e. The zero-order valence-corrected chi connectivity index (χ0v) is 16.6. The second-order valence-corrected chi connectivity index (χ2v) is 7.06. The molecule has 2 aromatic rings. The Kier molecular flexibility index (Phi) is 6.21. The molecule has 146 valence electrons. The van der Waals surface area contributed by atoms with E-state index < -0.39 is 17.8 Å². The van der Waals surface area contributed by atoms with E-state index in [-0.39, 0.29) is 12.5 Å². The number of carbonyl (C=O) groups excluding carboxylic acids is 3. The molecule has 1 fully saturated rings. The monoisotopic (exact) mass is 420 g/mol. The zero-order chi connectivity index (χ0) is 20.3. The van der Waals surface area contributed by atoms with E-state index in [0.29, 0.717) is 39.9 Å². The molecule has 0 aliphatic carbocycles. The predicted molar refractivity (Wildman–Crippen MR) is 108 cm³/mol. The van der Waals surface area contributed by atoms with Gasteiger partial charge in [-0.15, -0.1) is 0 Å². The molecule has 6 nitrogen and oxygen atoms in total. The average Bonchev–Trinajstić information content (AvgIpc) is 3.05. The lowest BCUT2D eigenvalue weighted by Crippen LogP contribution is -2.33. The normalized spacial score (nSPS) is 16.2.